The fourth-order valence-corrected chi connectivity index (χ4v) is 7.55. The van der Waals surface area contributed by atoms with Crippen molar-refractivity contribution < 1.29 is 9.90 Å². The Hall–Kier alpha value is 0.269. The van der Waals surface area contributed by atoms with E-state index in [9.17, 15) is 0 Å². The molecule has 0 aromatic carbocycles. The molecule has 15 heavy (non-hydrogen) atoms. The van der Waals surface area contributed by atoms with Crippen LogP contribution < -0.4 is 0 Å². The summed E-state index contributed by atoms with van der Waals surface area (Å²) in [6.07, 6.45) is 0. The Bertz CT molecular complexity index is 187. The van der Waals surface area contributed by atoms with Gasteiger partial charge in [-0.3, -0.25) is 4.79 Å². The maximum absolute atomic E-state index is 9.00. The van der Waals surface area contributed by atoms with Gasteiger partial charge in [0.25, 0.3) is 5.97 Å². The van der Waals surface area contributed by atoms with Crippen molar-refractivity contribution in [2.24, 2.45) is 0 Å². The topological polar surface area (TPSA) is 37.3 Å². The SMILES string of the molecule is CC(=O)O.C[C](C)(C)[Sn]([CH3])([CH3])[C](C)(C)C. The normalized spacial score (nSPS) is 12.9. The first-order valence-corrected chi connectivity index (χ1v) is 14.0. The van der Waals surface area contributed by atoms with E-state index in [4.69, 9.17) is 9.90 Å². The first-order valence-electron chi connectivity index (χ1n) is 5.43. The van der Waals surface area contributed by atoms with Gasteiger partial charge in [0.2, 0.25) is 0 Å². The zero-order valence-electron chi connectivity index (χ0n) is 11.9. The van der Waals surface area contributed by atoms with E-state index in [1.807, 2.05) is 0 Å². The monoisotopic (exact) mass is 324 g/mol. The number of rotatable bonds is 0. The zero-order valence-corrected chi connectivity index (χ0v) is 14.7. The number of aliphatic carboxylic acids is 1. The fourth-order valence-electron chi connectivity index (χ4n) is 1.12. The van der Waals surface area contributed by atoms with Crippen molar-refractivity contribution in [3.05, 3.63) is 0 Å². The molecule has 0 aromatic rings. The van der Waals surface area contributed by atoms with Crippen LogP contribution in [0.5, 0.6) is 0 Å². The van der Waals surface area contributed by atoms with Gasteiger partial charge in [0.15, 0.2) is 0 Å². The van der Waals surface area contributed by atoms with E-state index < -0.39 is 24.3 Å². The van der Waals surface area contributed by atoms with Gasteiger partial charge >= 0.3 is 76.7 Å². The Morgan fingerprint density at radius 2 is 1.07 bits per heavy atom. The molecule has 0 saturated carbocycles. The predicted octanol–water partition coefficient (Wildman–Crippen LogP) is 4.39. The molecule has 0 aliphatic carbocycles. The Kier molecular flexibility index (Phi) is 6.54. The van der Waals surface area contributed by atoms with Crippen LogP contribution in [0, 0.1) is 0 Å². The summed E-state index contributed by atoms with van der Waals surface area (Å²) in [4.78, 5) is 14.1. The van der Waals surface area contributed by atoms with Gasteiger partial charge in [-0.2, -0.15) is 0 Å². The summed E-state index contributed by atoms with van der Waals surface area (Å²) in [6.45, 7) is 15.5. The molecule has 0 heterocycles. The summed E-state index contributed by atoms with van der Waals surface area (Å²) in [5.41, 5.74) is 0. The molecule has 92 valence electrons. The van der Waals surface area contributed by atoms with Crippen LogP contribution in [0.15, 0.2) is 0 Å². The molecule has 0 radical (unpaired) electrons. The maximum atomic E-state index is 9.00. The van der Waals surface area contributed by atoms with Crippen LogP contribution in [0.4, 0.5) is 0 Å². The van der Waals surface area contributed by atoms with Crippen LogP contribution in [0.3, 0.4) is 0 Å². The molecule has 0 fully saturated rings. The van der Waals surface area contributed by atoms with Crippen molar-refractivity contribution >= 4 is 24.3 Å². The minimum atomic E-state index is -1.86. The van der Waals surface area contributed by atoms with Crippen LogP contribution >= 0.6 is 0 Å². The fraction of sp³-hybridized carbons (Fsp3) is 0.917. The number of carbonyl (C=O) groups is 1. The third-order valence-corrected chi connectivity index (χ3v) is 25.2. The molecule has 0 aliphatic heterocycles. The molecule has 0 amide bonds. The van der Waals surface area contributed by atoms with E-state index >= 15 is 0 Å². The molecule has 0 aromatic heterocycles. The number of carboxylic acids is 1. The van der Waals surface area contributed by atoms with Crippen molar-refractivity contribution in [3.63, 3.8) is 0 Å². The molecule has 0 rings (SSSR count). The van der Waals surface area contributed by atoms with Gasteiger partial charge < -0.3 is 5.11 Å². The molecule has 0 saturated heterocycles. The second-order valence-corrected chi connectivity index (χ2v) is 24.5. The Morgan fingerprint density at radius 3 is 1.07 bits per heavy atom. The van der Waals surface area contributed by atoms with Crippen LogP contribution in [-0.2, 0) is 4.79 Å². The van der Waals surface area contributed by atoms with E-state index in [2.05, 4.69) is 51.4 Å². The van der Waals surface area contributed by atoms with E-state index in [1.54, 1.807) is 0 Å². The van der Waals surface area contributed by atoms with Crippen LogP contribution in [-0.4, -0.2) is 29.5 Å². The average molecular weight is 323 g/mol. The van der Waals surface area contributed by atoms with Crippen molar-refractivity contribution in [1.29, 1.82) is 0 Å². The van der Waals surface area contributed by atoms with Crippen molar-refractivity contribution in [3.8, 4) is 0 Å². The third kappa shape index (κ3) is 6.44. The summed E-state index contributed by atoms with van der Waals surface area (Å²) in [5.74, 6) is -0.833. The van der Waals surface area contributed by atoms with E-state index in [-0.39, 0.29) is 0 Å². The molecule has 0 bridgehead atoms. The van der Waals surface area contributed by atoms with Gasteiger partial charge in [0.1, 0.15) is 0 Å². The van der Waals surface area contributed by atoms with Gasteiger partial charge in [0.05, 0.1) is 0 Å². The first-order chi connectivity index (χ1) is 6.23. The van der Waals surface area contributed by atoms with Crippen molar-refractivity contribution in [2.45, 2.75) is 65.2 Å². The number of hydrogen-bond acceptors (Lipinski definition) is 1. The van der Waals surface area contributed by atoms with Crippen LogP contribution in [0.1, 0.15) is 48.5 Å². The molecule has 3 heteroatoms. The summed E-state index contributed by atoms with van der Waals surface area (Å²) in [7, 11) is 0. The van der Waals surface area contributed by atoms with E-state index in [1.165, 1.54) is 0 Å². The summed E-state index contributed by atoms with van der Waals surface area (Å²) in [5, 5.41) is 7.42. The van der Waals surface area contributed by atoms with E-state index in [0.717, 1.165) is 6.92 Å². The molecule has 0 unspecified atom stereocenters. The molecular formula is C12H28O2Sn. The summed E-state index contributed by atoms with van der Waals surface area (Å²) < 4.78 is 1.18. The first kappa shape index (κ1) is 17.7. The van der Waals surface area contributed by atoms with Gasteiger partial charge in [-0.1, -0.05) is 0 Å². The quantitative estimate of drug-likeness (QED) is 0.672. The Morgan fingerprint density at radius 1 is 0.933 bits per heavy atom. The van der Waals surface area contributed by atoms with Gasteiger partial charge in [-0.25, -0.2) is 0 Å². The standard InChI is InChI=1S/2C4H9.C2H4O2.2CH3.Sn/c2*1-4(2)3;1-2(3)4;;;/h2*1-3H3;1H3,(H,3,4);2*1H3;. The second-order valence-electron chi connectivity index (χ2n) is 6.64. The van der Waals surface area contributed by atoms with Crippen molar-refractivity contribution in [2.75, 3.05) is 0 Å². The Labute approximate surface area is 99.3 Å². The number of hydrogen-bond donors (Lipinski definition) is 1. The second kappa shape index (κ2) is 5.55. The molecule has 2 nitrogen and oxygen atoms in total. The molecule has 0 atom stereocenters. The summed E-state index contributed by atoms with van der Waals surface area (Å²) in [6, 6.07) is 0. The average Bonchev–Trinajstić information content (AvgIpc) is 1.79. The van der Waals surface area contributed by atoms with Crippen LogP contribution in [0.25, 0.3) is 0 Å². The third-order valence-electron chi connectivity index (χ3n) is 3.75. The van der Waals surface area contributed by atoms with E-state index in [0.29, 0.717) is 6.86 Å². The number of carboxylic acid groups (broad SMARTS) is 1. The van der Waals surface area contributed by atoms with Crippen LogP contribution in [0.2, 0.25) is 16.7 Å². The van der Waals surface area contributed by atoms with Gasteiger partial charge in [-0.15, -0.1) is 0 Å². The molecule has 0 aliphatic rings. The Balaban J connectivity index is 0. The van der Waals surface area contributed by atoms with Gasteiger partial charge in [0, 0.05) is 6.92 Å². The molecule has 0 spiro atoms. The predicted molar refractivity (Wildman–Crippen MR) is 70.2 cm³/mol. The molecular weight excluding hydrogens is 295 g/mol. The van der Waals surface area contributed by atoms with Gasteiger partial charge in [-0.05, 0) is 0 Å². The molecule has 1 N–H and O–H groups in total. The van der Waals surface area contributed by atoms with Crippen molar-refractivity contribution in [1.82, 2.24) is 0 Å². The summed E-state index contributed by atoms with van der Waals surface area (Å²) >= 11 is -1.86. The zero-order chi connectivity index (χ0) is 13.1. The minimum absolute atomic E-state index is 0.590.